The topological polar surface area (TPSA) is 62.5 Å². The second-order valence-electron chi connectivity index (χ2n) is 2.79. The number of nitrogens with zero attached hydrogens (tertiary/aromatic N) is 2. The van der Waals surface area contributed by atoms with Crippen LogP contribution in [0.5, 0.6) is 0 Å². The van der Waals surface area contributed by atoms with Crippen LogP contribution in [0, 0.1) is 17.2 Å². The van der Waals surface area contributed by atoms with Crippen molar-refractivity contribution in [2.75, 3.05) is 13.2 Å². The molecule has 0 spiro atoms. The molecule has 1 aliphatic heterocycles. The van der Waals surface area contributed by atoms with Gasteiger partial charge in [0.05, 0.1) is 12.7 Å². The van der Waals surface area contributed by atoms with Gasteiger partial charge in [-0.25, -0.2) is 0 Å². The summed E-state index contributed by atoms with van der Waals surface area (Å²) in [6.07, 6.45) is 1.68. The first-order valence-corrected chi connectivity index (χ1v) is 4.39. The van der Waals surface area contributed by atoms with Crippen molar-refractivity contribution in [1.29, 1.82) is 5.26 Å². The quantitative estimate of drug-likeness (QED) is 0.607. The van der Waals surface area contributed by atoms with Gasteiger partial charge in [-0.2, -0.15) is 5.26 Å². The zero-order valence-corrected chi connectivity index (χ0v) is 7.62. The summed E-state index contributed by atoms with van der Waals surface area (Å²) in [6.45, 7) is 2.76. The van der Waals surface area contributed by atoms with Crippen molar-refractivity contribution in [3.8, 4) is 6.07 Å². The zero-order chi connectivity index (χ0) is 9.68. The molecule has 70 valence electrons. The molecule has 13 heavy (non-hydrogen) atoms. The number of hydrogen-bond acceptors (Lipinski definition) is 4. The molecule has 4 nitrogen and oxygen atoms in total. The van der Waals surface area contributed by atoms with Gasteiger partial charge in [-0.1, -0.05) is 0 Å². The highest BCUT2D eigenvalue weighted by atomic mass is 16.5. The molecule has 0 saturated carbocycles. The number of esters is 1. The summed E-state index contributed by atoms with van der Waals surface area (Å²) in [5, 5.41) is 8.75. The Morgan fingerprint density at radius 2 is 2.62 bits per heavy atom. The van der Waals surface area contributed by atoms with Gasteiger partial charge in [-0.3, -0.25) is 9.79 Å². The van der Waals surface area contributed by atoms with Crippen LogP contribution in [0.4, 0.5) is 0 Å². The molecule has 1 heterocycles. The van der Waals surface area contributed by atoms with Crippen molar-refractivity contribution < 1.29 is 9.53 Å². The van der Waals surface area contributed by atoms with Crippen LogP contribution < -0.4 is 0 Å². The van der Waals surface area contributed by atoms with Crippen molar-refractivity contribution in [2.24, 2.45) is 10.9 Å². The van der Waals surface area contributed by atoms with Crippen LogP contribution in [0.3, 0.4) is 0 Å². The van der Waals surface area contributed by atoms with Gasteiger partial charge in [-0.15, -0.1) is 0 Å². The zero-order valence-electron chi connectivity index (χ0n) is 7.62. The predicted molar refractivity (Wildman–Crippen MR) is 47.3 cm³/mol. The van der Waals surface area contributed by atoms with Gasteiger partial charge in [-0.05, 0) is 19.8 Å². The maximum atomic E-state index is 11.2. The summed E-state index contributed by atoms with van der Waals surface area (Å²) < 4.78 is 4.77. The van der Waals surface area contributed by atoms with E-state index in [9.17, 15) is 4.79 Å². The summed E-state index contributed by atoms with van der Waals surface area (Å²) in [5.41, 5.74) is 0.681. The highest BCUT2D eigenvalue weighted by Gasteiger charge is 2.26. The highest BCUT2D eigenvalue weighted by Crippen LogP contribution is 2.13. The molecular formula is C9H12N2O2. The van der Waals surface area contributed by atoms with E-state index in [0.29, 0.717) is 12.3 Å². The van der Waals surface area contributed by atoms with Gasteiger partial charge in [0.15, 0.2) is 5.92 Å². The molecule has 0 bridgehead atoms. The normalized spacial score (nSPS) is 17.4. The van der Waals surface area contributed by atoms with E-state index < -0.39 is 11.9 Å². The smallest absolute Gasteiger partial charge is 0.329 e. The molecule has 0 fully saturated rings. The third-order valence-corrected chi connectivity index (χ3v) is 1.89. The molecule has 0 unspecified atom stereocenters. The Morgan fingerprint density at radius 3 is 3.08 bits per heavy atom. The van der Waals surface area contributed by atoms with Crippen molar-refractivity contribution >= 4 is 11.7 Å². The molecule has 1 atom stereocenters. The number of hydrogen-bond donors (Lipinski definition) is 0. The minimum absolute atomic E-state index is 0.310. The summed E-state index contributed by atoms with van der Waals surface area (Å²) in [6, 6.07) is 1.92. The predicted octanol–water partition coefficient (Wildman–Crippen LogP) is 0.924. The van der Waals surface area contributed by atoms with E-state index in [2.05, 4.69) is 4.99 Å². The monoisotopic (exact) mass is 180 g/mol. The maximum absolute atomic E-state index is 11.2. The van der Waals surface area contributed by atoms with E-state index in [0.717, 1.165) is 19.4 Å². The van der Waals surface area contributed by atoms with Crippen molar-refractivity contribution in [3.05, 3.63) is 0 Å². The fraction of sp³-hybridized carbons (Fsp3) is 0.667. The Labute approximate surface area is 77.2 Å². The first kappa shape index (κ1) is 9.72. The average molecular weight is 180 g/mol. The Bertz CT molecular complexity index is 265. The van der Waals surface area contributed by atoms with E-state index >= 15 is 0 Å². The van der Waals surface area contributed by atoms with E-state index in [1.165, 1.54) is 0 Å². The third-order valence-electron chi connectivity index (χ3n) is 1.89. The lowest BCUT2D eigenvalue weighted by Crippen LogP contribution is -2.23. The Hall–Kier alpha value is -1.37. The summed E-state index contributed by atoms with van der Waals surface area (Å²) in [5.74, 6) is -1.24. The minimum atomic E-state index is -0.776. The molecular weight excluding hydrogens is 168 g/mol. The fourth-order valence-corrected chi connectivity index (χ4v) is 1.29. The van der Waals surface area contributed by atoms with Crippen LogP contribution in [-0.4, -0.2) is 24.8 Å². The number of carbonyl (C=O) groups is 1. The van der Waals surface area contributed by atoms with Crippen molar-refractivity contribution in [2.45, 2.75) is 19.8 Å². The van der Waals surface area contributed by atoms with Gasteiger partial charge in [0.1, 0.15) is 0 Å². The molecule has 0 aromatic rings. The molecule has 1 aliphatic rings. The summed E-state index contributed by atoms with van der Waals surface area (Å²) in [7, 11) is 0. The minimum Gasteiger partial charge on any atom is -0.465 e. The molecule has 0 radical (unpaired) electrons. The second-order valence-corrected chi connectivity index (χ2v) is 2.79. The average Bonchev–Trinajstić information content (AvgIpc) is 2.59. The Kier molecular flexibility index (Phi) is 3.44. The van der Waals surface area contributed by atoms with Gasteiger partial charge >= 0.3 is 5.97 Å². The first-order valence-electron chi connectivity index (χ1n) is 4.39. The summed E-state index contributed by atoms with van der Waals surface area (Å²) >= 11 is 0. The molecule has 0 saturated heterocycles. The van der Waals surface area contributed by atoms with E-state index in [-0.39, 0.29) is 0 Å². The molecule has 0 amide bonds. The van der Waals surface area contributed by atoms with Crippen LogP contribution in [0.2, 0.25) is 0 Å². The van der Waals surface area contributed by atoms with E-state index in [1.807, 2.05) is 6.07 Å². The van der Waals surface area contributed by atoms with E-state index in [1.54, 1.807) is 6.92 Å². The molecule has 0 N–H and O–H groups in total. The van der Waals surface area contributed by atoms with Gasteiger partial charge in [0.2, 0.25) is 0 Å². The number of aliphatic imine (C=N–C) groups is 1. The number of carbonyl (C=O) groups excluding carboxylic acids is 1. The van der Waals surface area contributed by atoms with Gasteiger partial charge < -0.3 is 4.74 Å². The summed E-state index contributed by atoms with van der Waals surface area (Å²) in [4.78, 5) is 15.3. The molecule has 0 aromatic heterocycles. The van der Waals surface area contributed by atoms with Crippen molar-refractivity contribution in [1.82, 2.24) is 0 Å². The molecule has 4 heteroatoms. The molecule has 1 rings (SSSR count). The Balaban J connectivity index is 2.62. The molecule has 0 aromatic carbocycles. The fourth-order valence-electron chi connectivity index (χ4n) is 1.29. The molecule has 0 aliphatic carbocycles. The first-order chi connectivity index (χ1) is 6.29. The highest BCUT2D eigenvalue weighted by molar-refractivity contribution is 6.05. The largest absolute Gasteiger partial charge is 0.465 e. The van der Waals surface area contributed by atoms with Crippen LogP contribution in [-0.2, 0) is 9.53 Å². The van der Waals surface area contributed by atoms with Gasteiger partial charge in [0.25, 0.3) is 0 Å². The number of ether oxygens (including phenoxy) is 1. The lowest BCUT2D eigenvalue weighted by molar-refractivity contribution is -0.143. The maximum Gasteiger partial charge on any atom is 0.329 e. The number of rotatable bonds is 3. The second kappa shape index (κ2) is 4.61. The standard InChI is InChI=1S/C9H12N2O2/c1-2-13-9(12)7(6-10)8-4-3-5-11-8/h7H,2-5H2,1H3/t7-/m1/s1. The van der Waals surface area contributed by atoms with Crippen LogP contribution in [0.25, 0.3) is 0 Å². The van der Waals surface area contributed by atoms with Crippen LogP contribution >= 0.6 is 0 Å². The van der Waals surface area contributed by atoms with Crippen LogP contribution in [0.1, 0.15) is 19.8 Å². The van der Waals surface area contributed by atoms with Crippen molar-refractivity contribution in [3.63, 3.8) is 0 Å². The Morgan fingerprint density at radius 1 is 1.85 bits per heavy atom. The van der Waals surface area contributed by atoms with E-state index in [4.69, 9.17) is 10.00 Å². The third kappa shape index (κ3) is 2.28. The van der Waals surface area contributed by atoms with Crippen LogP contribution in [0.15, 0.2) is 4.99 Å². The number of nitriles is 1. The lowest BCUT2D eigenvalue weighted by atomic mass is 10.0. The van der Waals surface area contributed by atoms with Gasteiger partial charge in [0, 0.05) is 12.3 Å². The SMILES string of the molecule is CCOC(=O)[C@H](C#N)C1=NCCC1. The lowest BCUT2D eigenvalue weighted by Gasteiger charge is -2.07.